The van der Waals surface area contributed by atoms with Gasteiger partial charge in [0.1, 0.15) is 0 Å². The van der Waals surface area contributed by atoms with Crippen LogP contribution in [0.15, 0.2) is 0 Å². The molecule has 0 N–H and O–H groups in total. The number of ether oxygens (including phenoxy) is 2. The summed E-state index contributed by atoms with van der Waals surface area (Å²) in [5.74, 6) is -0.604. The average molecular weight is 374 g/mol. The summed E-state index contributed by atoms with van der Waals surface area (Å²) in [6.45, 7) is 4.29. The van der Waals surface area contributed by atoms with Crippen molar-refractivity contribution >= 4 is 21.7 Å². The van der Waals surface area contributed by atoms with Gasteiger partial charge in [0.15, 0.2) is 9.84 Å². The van der Waals surface area contributed by atoms with E-state index in [4.69, 9.17) is 9.47 Å². The number of sulfone groups is 1. The van der Waals surface area contributed by atoms with Crippen LogP contribution in [0, 0.1) is 11.8 Å². The standard InChI is InChI=1S/C16H26N2O6S/c19-15(17-1-5-23-6-2-17)9-13-11-25(21,22)12-14(13)10-16(20)18-3-7-24-8-4-18/h13-14H,1-12H2. The SMILES string of the molecule is O=C(CC1CS(=O)(=O)CC1CC(=O)N1CCOCC1)N1CCOCC1. The lowest BCUT2D eigenvalue weighted by Crippen LogP contribution is -2.43. The summed E-state index contributed by atoms with van der Waals surface area (Å²) in [5, 5.41) is 0. The second kappa shape index (κ2) is 8.01. The third-order valence-corrected chi connectivity index (χ3v) is 7.08. The van der Waals surface area contributed by atoms with Crippen LogP contribution in [-0.2, 0) is 28.9 Å². The van der Waals surface area contributed by atoms with Crippen molar-refractivity contribution in [2.75, 3.05) is 64.1 Å². The van der Waals surface area contributed by atoms with Crippen LogP contribution in [0.25, 0.3) is 0 Å². The van der Waals surface area contributed by atoms with Gasteiger partial charge in [-0.1, -0.05) is 0 Å². The van der Waals surface area contributed by atoms with Crippen LogP contribution in [0.2, 0.25) is 0 Å². The smallest absolute Gasteiger partial charge is 0.223 e. The molecule has 0 saturated carbocycles. The van der Waals surface area contributed by atoms with E-state index in [1.54, 1.807) is 9.80 Å². The minimum atomic E-state index is -3.19. The van der Waals surface area contributed by atoms with Crippen molar-refractivity contribution in [2.45, 2.75) is 12.8 Å². The molecule has 2 unspecified atom stereocenters. The fourth-order valence-corrected chi connectivity index (χ4v) is 6.00. The van der Waals surface area contributed by atoms with Gasteiger partial charge in [0.2, 0.25) is 11.8 Å². The van der Waals surface area contributed by atoms with Gasteiger partial charge >= 0.3 is 0 Å². The molecule has 25 heavy (non-hydrogen) atoms. The molecule has 0 bridgehead atoms. The molecule has 3 aliphatic heterocycles. The molecule has 9 heteroatoms. The maximum Gasteiger partial charge on any atom is 0.223 e. The Balaban J connectivity index is 1.60. The lowest BCUT2D eigenvalue weighted by Gasteiger charge is -2.30. The molecule has 3 heterocycles. The van der Waals surface area contributed by atoms with E-state index in [-0.39, 0.29) is 48.0 Å². The Morgan fingerprint density at radius 1 is 0.760 bits per heavy atom. The Hall–Kier alpha value is -1.19. The van der Waals surface area contributed by atoms with Crippen LogP contribution < -0.4 is 0 Å². The second-order valence-corrected chi connectivity index (χ2v) is 9.15. The number of carbonyl (C=O) groups is 2. The molecule has 142 valence electrons. The highest BCUT2D eigenvalue weighted by molar-refractivity contribution is 7.91. The number of carbonyl (C=O) groups excluding carboxylic acids is 2. The molecule has 0 radical (unpaired) electrons. The van der Waals surface area contributed by atoms with E-state index < -0.39 is 9.84 Å². The number of amides is 2. The van der Waals surface area contributed by atoms with Crippen molar-refractivity contribution < 1.29 is 27.5 Å². The molecule has 3 saturated heterocycles. The third-order valence-electron chi connectivity index (χ3n) is 5.20. The lowest BCUT2D eigenvalue weighted by atomic mass is 9.89. The van der Waals surface area contributed by atoms with E-state index in [0.717, 1.165) is 0 Å². The zero-order valence-corrected chi connectivity index (χ0v) is 15.2. The highest BCUT2D eigenvalue weighted by Gasteiger charge is 2.40. The Kier molecular flexibility index (Phi) is 5.96. The van der Waals surface area contributed by atoms with E-state index in [1.807, 2.05) is 0 Å². The number of hydrogen-bond acceptors (Lipinski definition) is 6. The first-order chi connectivity index (χ1) is 11.9. The summed E-state index contributed by atoms with van der Waals surface area (Å²) in [4.78, 5) is 28.4. The summed E-state index contributed by atoms with van der Waals surface area (Å²) in [7, 11) is -3.19. The molecular weight excluding hydrogens is 348 g/mol. The summed E-state index contributed by atoms with van der Waals surface area (Å²) in [6, 6.07) is 0. The molecule has 3 fully saturated rings. The van der Waals surface area contributed by atoms with E-state index >= 15 is 0 Å². The molecule has 0 aromatic heterocycles. The van der Waals surface area contributed by atoms with Crippen LogP contribution in [0.3, 0.4) is 0 Å². The van der Waals surface area contributed by atoms with Crippen LogP contribution in [0.1, 0.15) is 12.8 Å². The topological polar surface area (TPSA) is 93.2 Å². The van der Waals surface area contributed by atoms with Crippen LogP contribution in [0.5, 0.6) is 0 Å². The normalized spacial score (nSPS) is 29.6. The van der Waals surface area contributed by atoms with E-state index in [2.05, 4.69) is 0 Å². The second-order valence-electron chi connectivity index (χ2n) is 6.99. The summed E-state index contributed by atoms with van der Waals surface area (Å²) >= 11 is 0. The number of nitrogens with zero attached hydrogens (tertiary/aromatic N) is 2. The zero-order valence-electron chi connectivity index (χ0n) is 14.4. The van der Waals surface area contributed by atoms with Crippen molar-refractivity contribution in [1.29, 1.82) is 0 Å². The maximum absolute atomic E-state index is 12.5. The van der Waals surface area contributed by atoms with Gasteiger partial charge in [-0.3, -0.25) is 9.59 Å². The first-order valence-electron chi connectivity index (χ1n) is 8.86. The highest BCUT2D eigenvalue weighted by Crippen LogP contribution is 2.32. The molecule has 0 aromatic rings. The first kappa shape index (κ1) is 18.6. The predicted molar refractivity (Wildman–Crippen MR) is 89.7 cm³/mol. The lowest BCUT2D eigenvalue weighted by molar-refractivity contribution is -0.139. The van der Waals surface area contributed by atoms with Crippen LogP contribution in [-0.4, -0.2) is 94.1 Å². The minimum absolute atomic E-state index is 0.00410. The molecule has 0 aromatic carbocycles. The zero-order chi connectivity index (χ0) is 17.9. The number of hydrogen-bond donors (Lipinski definition) is 0. The molecule has 3 rings (SSSR count). The van der Waals surface area contributed by atoms with Crippen molar-refractivity contribution in [2.24, 2.45) is 11.8 Å². The Morgan fingerprint density at radius 2 is 1.12 bits per heavy atom. The predicted octanol–water partition coefficient (Wildman–Crippen LogP) is -0.855. The third kappa shape index (κ3) is 4.92. The highest BCUT2D eigenvalue weighted by atomic mass is 32.2. The van der Waals surface area contributed by atoms with Crippen molar-refractivity contribution in [1.82, 2.24) is 9.80 Å². The molecule has 3 aliphatic rings. The molecule has 2 atom stereocenters. The molecule has 0 spiro atoms. The van der Waals surface area contributed by atoms with Gasteiger partial charge in [0.05, 0.1) is 37.9 Å². The monoisotopic (exact) mass is 374 g/mol. The van der Waals surface area contributed by atoms with Gasteiger partial charge in [0, 0.05) is 39.0 Å². The molecule has 0 aliphatic carbocycles. The Bertz CT molecular complexity index is 550. The minimum Gasteiger partial charge on any atom is -0.378 e. The summed E-state index contributed by atoms with van der Waals surface area (Å²) in [6.07, 6.45) is 0.389. The van der Waals surface area contributed by atoms with Crippen LogP contribution in [0.4, 0.5) is 0 Å². The van der Waals surface area contributed by atoms with Gasteiger partial charge in [-0.15, -0.1) is 0 Å². The number of morpholine rings is 2. The van der Waals surface area contributed by atoms with Crippen molar-refractivity contribution in [3.05, 3.63) is 0 Å². The quantitative estimate of drug-likeness (QED) is 0.636. The first-order valence-corrected chi connectivity index (χ1v) is 10.7. The Labute approximate surface area is 148 Å². The van der Waals surface area contributed by atoms with Gasteiger partial charge in [-0.05, 0) is 11.8 Å². The summed E-state index contributed by atoms with van der Waals surface area (Å²) in [5.41, 5.74) is 0. The van der Waals surface area contributed by atoms with Crippen LogP contribution >= 0.6 is 0 Å². The largest absolute Gasteiger partial charge is 0.378 e. The maximum atomic E-state index is 12.5. The van der Waals surface area contributed by atoms with Gasteiger partial charge in [-0.25, -0.2) is 8.42 Å². The van der Waals surface area contributed by atoms with Crippen molar-refractivity contribution in [3.63, 3.8) is 0 Å². The average Bonchev–Trinajstić information content (AvgIpc) is 2.89. The molecule has 2 amide bonds. The Morgan fingerprint density at radius 3 is 1.48 bits per heavy atom. The number of rotatable bonds is 4. The van der Waals surface area contributed by atoms with Gasteiger partial charge in [-0.2, -0.15) is 0 Å². The van der Waals surface area contributed by atoms with Crippen molar-refractivity contribution in [3.8, 4) is 0 Å². The van der Waals surface area contributed by atoms with E-state index in [0.29, 0.717) is 52.6 Å². The van der Waals surface area contributed by atoms with E-state index in [9.17, 15) is 18.0 Å². The van der Waals surface area contributed by atoms with Gasteiger partial charge < -0.3 is 19.3 Å². The van der Waals surface area contributed by atoms with E-state index in [1.165, 1.54) is 0 Å². The summed E-state index contributed by atoms with van der Waals surface area (Å²) < 4.78 is 34.6. The molecular formula is C16H26N2O6S. The fourth-order valence-electron chi connectivity index (χ4n) is 3.78. The van der Waals surface area contributed by atoms with Gasteiger partial charge in [0.25, 0.3) is 0 Å². The molecule has 8 nitrogen and oxygen atoms in total. The fraction of sp³-hybridized carbons (Fsp3) is 0.875.